The molecule has 0 heterocycles. The normalized spacial score (nSPS) is 8.83. The molecular weight excluding hydrogens is 147 g/mol. The van der Waals surface area contributed by atoms with Crippen LogP contribution in [0.15, 0.2) is 0 Å². The van der Waals surface area contributed by atoms with Crippen molar-refractivity contribution in [3.05, 3.63) is 0 Å². The van der Waals surface area contributed by atoms with E-state index in [1.54, 1.807) is 7.41 Å². The highest BCUT2D eigenvalue weighted by atomic mass is 15.0. The van der Waals surface area contributed by atoms with Gasteiger partial charge in [-0.2, -0.15) is 0 Å². The first-order chi connectivity index (χ1) is 5.85. The molecule has 0 amide bonds. The first-order valence-electron chi connectivity index (χ1n) is 4.21. The second kappa shape index (κ2) is 8.17. The van der Waals surface area contributed by atoms with E-state index in [0.717, 1.165) is 19.4 Å². The minimum atomic E-state index is 0.671. The van der Waals surface area contributed by atoms with Gasteiger partial charge in [-0.1, -0.05) is 19.3 Å². The fourth-order valence-electron chi connectivity index (χ4n) is 0.813. The van der Waals surface area contributed by atoms with Gasteiger partial charge in [0.05, 0.1) is 0 Å². The summed E-state index contributed by atoms with van der Waals surface area (Å²) in [4.78, 5) is 1.94. The van der Waals surface area contributed by atoms with E-state index in [4.69, 9.17) is 5.26 Å². The highest BCUT2D eigenvalue weighted by Crippen LogP contribution is 1.91. The lowest BCUT2D eigenvalue weighted by atomic mass is 9.94. The smallest absolute Gasteiger partial charge is 0.0212 e. The highest BCUT2D eigenvalue weighted by molar-refractivity contribution is 6.41. The number of hydrogen-bond donors (Lipinski definition) is 0. The van der Waals surface area contributed by atoms with Crippen molar-refractivity contribution in [3.8, 4) is 17.8 Å². The molecule has 0 aliphatic rings. The fraction of sp³-hybridized carbons (Fsp3) is 0.667. The van der Waals surface area contributed by atoms with Gasteiger partial charge in [-0.15, -0.1) is 13.3 Å². The Balaban J connectivity index is 3.68. The Bertz CT molecular complexity index is 197. The van der Waals surface area contributed by atoms with Crippen LogP contribution in [-0.2, 0) is 0 Å². The number of unbranched alkanes of at least 4 members (excludes halogenated alkanes) is 1. The van der Waals surface area contributed by atoms with Crippen molar-refractivity contribution < 1.29 is 0 Å². The fourth-order valence-corrected chi connectivity index (χ4v) is 0.813. The van der Waals surface area contributed by atoms with Crippen molar-refractivity contribution in [2.24, 2.45) is 0 Å². The van der Waals surface area contributed by atoms with Gasteiger partial charge in [0.25, 0.3) is 0 Å². The molecule has 0 aromatic heterocycles. The zero-order valence-electron chi connectivity index (χ0n) is 7.80. The molecule has 0 fully saturated rings. The topological polar surface area (TPSA) is 27.0 Å². The number of hydrogen-bond acceptors (Lipinski definition) is 2. The maximum Gasteiger partial charge on any atom is 0.0212 e. The van der Waals surface area contributed by atoms with Crippen LogP contribution in [-0.4, -0.2) is 25.3 Å². The largest absolute Gasteiger partial charge is 0.515 e. The molecule has 0 bridgehead atoms. The van der Waals surface area contributed by atoms with Crippen LogP contribution in [0.1, 0.15) is 26.7 Å². The summed E-state index contributed by atoms with van der Waals surface area (Å²) in [6.45, 7) is 5.54. The summed E-state index contributed by atoms with van der Waals surface area (Å²) in [5.74, 6) is 7.77. The molecule has 2 nitrogen and oxygen atoms in total. The van der Waals surface area contributed by atoms with Crippen LogP contribution in [0.2, 0.25) is 0 Å². The average Bonchev–Trinajstić information content (AvgIpc) is 2.10. The third-order valence-electron chi connectivity index (χ3n) is 1.50. The predicted octanol–water partition coefficient (Wildman–Crippen LogP) is 1.21. The minimum absolute atomic E-state index is 0.671. The Morgan fingerprint density at radius 3 is 2.75 bits per heavy atom. The zero-order chi connectivity index (χ0) is 9.23. The molecule has 0 atom stereocenters. The first-order valence-corrected chi connectivity index (χ1v) is 4.21. The van der Waals surface area contributed by atoms with Gasteiger partial charge < -0.3 is 4.81 Å². The van der Waals surface area contributed by atoms with Gasteiger partial charge in [0, 0.05) is 6.54 Å². The molecule has 0 aromatic rings. The Kier molecular flexibility index (Phi) is 7.54. The van der Waals surface area contributed by atoms with Gasteiger partial charge in [-0.05, 0) is 19.9 Å². The molecule has 0 aliphatic heterocycles. The lowest BCUT2D eigenvalue weighted by Crippen LogP contribution is -2.28. The van der Waals surface area contributed by atoms with Crippen molar-refractivity contribution >= 4 is 7.41 Å². The molecular formula is C9H14BN2-. The summed E-state index contributed by atoms with van der Waals surface area (Å²) in [6.07, 6.45) is 2.26. The molecule has 0 rings (SSSR count). The second-order valence-electron chi connectivity index (χ2n) is 2.51. The van der Waals surface area contributed by atoms with E-state index >= 15 is 0 Å². The number of rotatable bonds is 5. The van der Waals surface area contributed by atoms with Crippen LogP contribution in [0.4, 0.5) is 0 Å². The molecule has 0 saturated carbocycles. The van der Waals surface area contributed by atoms with E-state index in [-0.39, 0.29) is 0 Å². The van der Waals surface area contributed by atoms with Crippen LogP contribution in [0.5, 0.6) is 0 Å². The third-order valence-corrected chi connectivity index (χ3v) is 1.50. The maximum atomic E-state index is 8.44. The quantitative estimate of drug-likeness (QED) is 0.447. The van der Waals surface area contributed by atoms with Crippen LogP contribution < -0.4 is 0 Å². The SMILES string of the molecule is CC#CCN([B-]C#N)CCCC. The van der Waals surface area contributed by atoms with Crippen LogP contribution in [0, 0.1) is 23.1 Å². The number of nitriles is 1. The predicted molar refractivity (Wildman–Crippen MR) is 51.3 cm³/mol. The standard InChI is InChI=1S/C9H14BN2/c1-3-5-7-12(10-9-11)8-6-4-2/h3,5,7-8H2,1-2H3/q-1. The van der Waals surface area contributed by atoms with Crippen molar-refractivity contribution in [2.45, 2.75) is 26.7 Å². The van der Waals surface area contributed by atoms with Crippen LogP contribution in [0.3, 0.4) is 0 Å². The van der Waals surface area contributed by atoms with Gasteiger partial charge in [-0.25, -0.2) is 5.97 Å². The van der Waals surface area contributed by atoms with Gasteiger partial charge in [0.2, 0.25) is 0 Å². The van der Waals surface area contributed by atoms with Crippen LogP contribution >= 0.6 is 0 Å². The van der Waals surface area contributed by atoms with Crippen molar-refractivity contribution in [1.82, 2.24) is 4.81 Å². The molecule has 12 heavy (non-hydrogen) atoms. The average molecular weight is 161 g/mol. The van der Waals surface area contributed by atoms with E-state index in [1.807, 2.05) is 17.7 Å². The number of nitrogens with zero attached hydrogens (tertiary/aromatic N) is 2. The monoisotopic (exact) mass is 161 g/mol. The lowest BCUT2D eigenvalue weighted by molar-refractivity contribution is 0.481. The Morgan fingerprint density at radius 2 is 2.25 bits per heavy atom. The third kappa shape index (κ3) is 5.83. The van der Waals surface area contributed by atoms with E-state index in [2.05, 4.69) is 18.8 Å². The van der Waals surface area contributed by atoms with Gasteiger partial charge in [0.1, 0.15) is 0 Å². The highest BCUT2D eigenvalue weighted by Gasteiger charge is 1.88. The first kappa shape index (κ1) is 11.1. The summed E-state index contributed by atoms with van der Waals surface area (Å²) in [5.41, 5.74) is 0. The molecule has 3 heteroatoms. The summed E-state index contributed by atoms with van der Waals surface area (Å²) < 4.78 is 0. The Labute approximate surface area is 75.8 Å². The van der Waals surface area contributed by atoms with E-state index in [0.29, 0.717) is 6.54 Å². The summed E-state index contributed by atoms with van der Waals surface area (Å²) in [7, 11) is 1.54. The molecule has 2 radical (unpaired) electrons. The zero-order valence-corrected chi connectivity index (χ0v) is 7.80. The second-order valence-corrected chi connectivity index (χ2v) is 2.51. The molecule has 0 aliphatic carbocycles. The molecule has 0 saturated heterocycles. The van der Waals surface area contributed by atoms with Crippen LogP contribution in [0.25, 0.3) is 0 Å². The van der Waals surface area contributed by atoms with E-state index in [1.165, 1.54) is 0 Å². The molecule has 64 valence electrons. The summed E-state index contributed by atoms with van der Waals surface area (Å²) in [5, 5.41) is 8.44. The van der Waals surface area contributed by atoms with E-state index < -0.39 is 0 Å². The minimum Gasteiger partial charge on any atom is -0.515 e. The van der Waals surface area contributed by atoms with Gasteiger partial charge in [-0.3, -0.25) is 5.26 Å². The Hall–Kier alpha value is -0.925. The lowest BCUT2D eigenvalue weighted by Gasteiger charge is -2.28. The van der Waals surface area contributed by atoms with Crippen molar-refractivity contribution in [3.63, 3.8) is 0 Å². The summed E-state index contributed by atoms with van der Waals surface area (Å²) in [6, 6.07) is 0. The maximum absolute atomic E-state index is 8.44. The van der Waals surface area contributed by atoms with Crippen molar-refractivity contribution in [2.75, 3.05) is 13.1 Å². The Morgan fingerprint density at radius 1 is 1.50 bits per heavy atom. The molecule has 0 unspecified atom stereocenters. The van der Waals surface area contributed by atoms with Crippen molar-refractivity contribution in [1.29, 1.82) is 5.26 Å². The van der Waals surface area contributed by atoms with E-state index in [9.17, 15) is 0 Å². The molecule has 0 aromatic carbocycles. The van der Waals surface area contributed by atoms with Gasteiger partial charge >= 0.3 is 0 Å². The van der Waals surface area contributed by atoms with Gasteiger partial charge in [0.15, 0.2) is 0 Å². The molecule has 0 spiro atoms. The summed E-state index contributed by atoms with van der Waals surface area (Å²) >= 11 is 0. The molecule has 0 N–H and O–H groups in total.